The minimum Gasteiger partial charge on any atom is -0.374 e. The zero-order valence-corrected chi connectivity index (χ0v) is 6.94. The Morgan fingerprint density at radius 2 is 2.38 bits per heavy atom. The van der Waals surface area contributed by atoms with Crippen LogP contribution in [0.3, 0.4) is 0 Å². The molecule has 44 valence electrons. The lowest BCUT2D eigenvalue weighted by atomic mass is 10.9. The number of halogens is 1. The molecule has 0 atom stereocenters. The van der Waals surface area contributed by atoms with Crippen LogP contribution in [0.5, 0.6) is 0 Å². The van der Waals surface area contributed by atoms with Gasteiger partial charge in [-0.05, 0) is 0 Å². The number of hydrogen-bond donors (Lipinski definition) is 1. The number of anilines is 1. The van der Waals surface area contributed by atoms with Crippen LogP contribution in [-0.2, 0) is 4.43 Å². The molecule has 5 heteroatoms. The zero-order valence-electron chi connectivity index (χ0n) is 3.97. The summed E-state index contributed by atoms with van der Waals surface area (Å²) in [6, 6.07) is 0. The van der Waals surface area contributed by atoms with Crippen molar-refractivity contribution in [2.24, 2.45) is 0 Å². The average molecular weight is 241 g/mol. The fraction of sp³-hybridized carbons (Fsp3) is 0.333. The molecule has 1 aromatic rings. The van der Waals surface area contributed by atoms with Crippen LogP contribution >= 0.6 is 33.9 Å². The first-order chi connectivity index (χ1) is 3.83. The van der Waals surface area contributed by atoms with Crippen molar-refractivity contribution in [2.45, 2.75) is 4.43 Å². The van der Waals surface area contributed by atoms with Crippen molar-refractivity contribution in [1.82, 2.24) is 10.2 Å². The molecule has 0 saturated carbocycles. The Hall–Kier alpha value is 0.0900. The molecular formula is C3H4IN3S. The second-order valence-electron chi connectivity index (χ2n) is 1.17. The van der Waals surface area contributed by atoms with Gasteiger partial charge >= 0.3 is 0 Å². The van der Waals surface area contributed by atoms with E-state index in [1.54, 1.807) is 0 Å². The van der Waals surface area contributed by atoms with Gasteiger partial charge < -0.3 is 5.73 Å². The van der Waals surface area contributed by atoms with Crippen LogP contribution in [0, 0.1) is 0 Å². The molecular weight excluding hydrogens is 237 g/mol. The molecule has 3 nitrogen and oxygen atoms in total. The lowest BCUT2D eigenvalue weighted by Gasteiger charge is -1.74. The van der Waals surface area contributed by atoms with E-state index < -0.39 is 0 Å². The summed E-state index contributed by atoms with van der Waals surface area (Å²) in [5.41, 5.74) is 5.30. The molecule has 0 unspecified atom stereocenters. The summed E-state index contributed by atoms with van der Waals surface area (Å²) in [5.74, 6) is 0. The molecule has 0 saturated heterocycles. The maximum absolute atomic E-state index is 5.30. The van der Waals surface area contributed by atoms with Gasteiger partial charge in [-0.15, -0.1) is 10.2 Å². The number of nitrogen functional groups attached to an aromatic ring is 1. The summed E-state index contributed by atoms with van der Waals surface area (Å²) in [5, 5.41) is 8.94. The van der Waals surface area contributed by atoms with E-state index in [4.69, 9.17) is 5.73 Å². The van der Waals surface area contributed by atoms with Gasteiger partial charge in [0.1, 0.15) is 5.01 Å². The van der Waals surface area contributed by atoms with Gasteiger partial charge in [-0.3, -0.25) is 0 Å². The Morgan fingerprint density at radius 3 is 2.62 bits per heavy atom. The molecule has 1 heterocycles. The molecule has 0 bridgehead atoms. The molecule has 0 amide bonds. The van der Waals surface area contributed by atoms with Gasteiger partial charge in [-0.2, -0.15) is 0 Å². The summed E-state index contributed by atoms with van der Waals surface area (Å²) in [6.45, 7) is 0. The van der Waals surface area contributed by atoms with Crippen molar-refractivity contribution in [1.29, 1.82) is 0 Å². The third-order valence-corrected chi connectivity index (χ3v) is 2.59. The van der Waals surface area contributed by atoms with Gasteiger partial charge in [-0.1, -0.05) is 33.9 Å². The quantitative estimate of drug-likeness (QED) is 0.590. The van der Waals surface area contributed by atoms with Gasteiger partial charge in [0.2, 0.25) is 5.13 Å². The van der Waals surface area contributed by atoms with E-state index in [9.17, 15) is 0 Å². The minimum atomic E-state index is 0.552. The first kappa shape index (κ1) is 6.21. The highest BCUT2D eigenvalue weighted by molar-refractivity contribution is 14.1. The molecule has 0 fully saturated rings. The van der Waals surface area contributed by atoms with E-state index in [-0.39, 0.29) is 0 Å². The Kier molecular flexibility index (Phi) is 2.01. The second kappa shape index (κ2) is 2.58. The number of nitrogens with zero attached hydrogens (tertiary/aromatic N) is 2. The van der Waals surface area contributed by atoms with E-state index in [0.717, 1.165) is 9.44 Å². The Morgan fingerprint density at radius 1 is 1.62 bits per heavy atom. The van der Waals surface area contributed by atoms with Crippen molar-refractivity contribution in [3.05, 3.63) is 5.01 Å². The Bertz CT molecular complexity index is 175. The minimum absolute atomic E-state index is 0.552. The van der Waals surface area contributed by atoms with Crippen LogP contribution in [0.4, 0.5) is 5.13 Å². The van der Waals surface area contributed by atoms with Crippen molar-refractivity contribution < 1.29 is 0 Å². The van der Waals surface area contributed by atoms with E-state index in [1.165, 1.54) is 11.3 Å². The largest absolute Gasteiger partial charge is 0.374 e. The monoisotopic (exact) mass is 241 g/mol. The summed E-state index contributed by atoms with van der Waals surface area (Å²) in [7, 11) is 0. The average Bonchev–Trinajstić information content (AvgIpc) is 2.14. The highest BCUT2D eigenvalue weighted by Gasteiger charge is 1.95. The normalized spacial score (nSPS) is 9.62. The summed E-state index contributed by atoms with van der Waals surface area (Å²) in [6.07, 6.45) is 0. The first-order valence-corrected chi connectivity index (χ1v) is 4.31. The fourth-order valence-corrected chi connectivity index (χ4v) is 1.40. The van der Waals surface area contributed by atoms with E-state index >= 15 is 0 Å². The van der Waals surface area contributed by atoms with E-state index in [2.05, 4.69) is 32.8 Å². The van der Waals surface area contributed by atoms with Crippen molar-refractivity contribution in [2.75, 3.05) is 5.73 Å². The Balaban J connectivity index is 2.84. The number of rotatable bonds is 1. The van der Waals surface area contributed by atoms with Gasteiger partial charge in [0.05, 0.1) is 4.43 Å². The highest BCUT2D eigenvalue weighted by atomic mass is 127. The summed E-state index contributed by atoms with van der Waals surface area (Å²) >= 11 is 3.65. The van der Waals surface area contributed by atoms with Crippen LogP contribution in [-0.4, -0.2) is 10.2 Å². The maximum atomic E-state index is 5.30. The number of aromatic nitrogens is 2. The van der Waals surface area contributed by atoms with Gasteiger partial charge in [0, 0.05) is 0 Å². The van der Waals surface area contributed by atoms with Crippen molar-refractivity contribution in [3.63, 3.8) is 0 Å². The van der Waals surface area contributed by atoms with Crippen LogP contribution in [0.1, 0.15) is 5.01 Å². The van der Waals surface area contributed by atoms with E-state index in [1.807, 2.05) is 0 Å². The van der Waals surface area contributed by atoms with Crippen LogP contribution in [0.15, 0.2) is 0 Å². The SMILES string of the molecule is Nc1nnc(CI)s1. The van der Waals surface area contributed by atoms with Crippen LogP contribution < -0.4 is 5.73 Å². The van der Waals surface area contributed by atoms with Gasteiger partial charge in [0.25, 0.3) is 0 Å². The van der Waals surface area contributed by atoms with Gasteiger partial charge in [0.15, 0.2) is 0 Å². The molecule has 1 rings (SSSR count). The smallest absolute Gasteiger partial charge is 0.203 e. The predicted molar refractivity (Wildman–Crippen MR) is 42.0 cm³/mol. The molecule has 0 aromatic carbocycles. The highest BCUT2D eigenvalue weighted by Crippen LogP contribution is 2.13. The number of alkyl halides is 1. The number of nitrogens with two attached hydrogens (primary N) is 1. The molecule has 0 radical (unpaired) electrons. The molecule has 0 aliphatic rings. The van der Waals surface area contributed by atoms with Crippen molar-refractivity contribution in [3.8, 4) is 0 Å². The fourth-order valence-electron chi connectivity index (χ4n) is 0.321. The maximum Gasteiger partial charge on any atom is 0.203 e. The number of hydrogen-bond acceptors (Lipinski definition) is 4. The van der Waals surface area contributed by atoms with Crippen LogP contribution in [0.25, 0.3) is 0 Å². The first-order valence-electron chi connectivity index (χ1n) is 1.96. The third-order valence-electron chi connectivity index (χ3n) is 0.597. The lowest BCUT2D eigenvalue weighted by Crippen LogP contribution is -1.80. The second-order valence-corrected chi connectivity index (χ2v) is 3.02. The standard InChI is InChI=1S/C3H4IN3S/c4-1-2-6-7-3(5)8-2/h1H2,(H2,5,7). The van der Waals surface area contributed by atoms with E-state index in [0.29, 0.717) is 5.13 Å². The molecule has 1 aromatic heterocycles. The van der Waals surface area contributed by atoms with Crippen molar-refractivity contribution >= 4 is 39.1 Å². The molecule has 2 N–H and O–H groups in total. The van der Waals surface area contributed by atoms with Gasteiger partial charge in [-0.25, -0.2) is 0 Å². The molecule has 0 spiro atoms. The molecule has 8 heavy (non-hydrogen) atoms. The summed E-state index contributed by atoms with van der Waals surface area (Å²) < 4.78 is 0.895. The zero-order chi connectivity index (χ0) is 5.98. The third kappa shape index (κ3) is 1.28. The Labute approximate surface area is 64.4 Å². The topological polar surface area (TPSA) is 51.8 Å². The lowest BCUT2D eigenvalue weighted by molar-refractivity contribution is 1.05. The molecule has 0 aliphatic carbocycles. The predicted octanol–water partition coefficient (Wildman–Crippen LogP) is 1.06. The molecule has 0 aliphatic heterocycles. The summed E-state index contributed by atoms with van der Waals surface area (Å²) in [4.78, 5) is 0. The van der Waals surface area contributed by atoms with Crippen LogP contribution in [0.2, 0.25) is 0 Å².